The van der Waals surface area contributed by atoms with Crippen LogP contribution >= 0.6 is 0 Å². The Balaban J connectivity index is 0.000000461. The van der Waals surface area contributed by atoms with Crippen molar-refractivity contribution < 1.29 is 13.2 Å². The summed E-state index contributed by atoms with van der Waals surface area (Å²) in [5.41, 5.74) is 0. The highest BCUT2D eigenvalue weighted by Crippen LogP contribution is 2.34. The van der Waals surface area contributed by atoms with E-state index in [-0.39, 0.29) is 7.43 Å². The highest BCUT2D eigenvalue weighted by Gasteiger charge is 2.32. The lowest BCUT2D eigenvalue weighted by atomic mass is 9.75. The molecule has 33 heavy (non-hydrogen) atoms. The van der Waals surface area contributed by atoms with Gasteiger partial charge in [0.05, 0.1) is 11.5 Å². The molecule has 6 unspecified atom stereocenters. The third kappa shape index (κ3) is 11.9. The van der Waals surface area contributed by atoms with Gasteiger partial charge in [0.1, 0.15) is 0 Å². The first-order valence-corrected chi connectivity index (χ1v) is 15.5. The number of sulfone groups is 1. The molecule has 2 saturated heterocycles. The molecule has 3 fully saturated rings. The van der Waals surface area contributed by atoms with Gasteiger partial charge in [-0.2, -0.15) is 0 Å². The molecule has 200 valence electrons. The average molecular weight is 489 g/mol. The standard InChI is InChI=1S/C10H20.C9H18O2S.C9H18O.CH4/c1-8(2)10-7-5-4-6-9(10)3;1-7(2)9-6-12(10,11)5-4-8(9)3;1-7(2)9-4-5-10-6-8(9)3;/h8-10H,4-7H2,1-3H3;7-9H,4-6H2,1-3H3;7-9H,4-6H2,1-3H3;1H4. The van der Waals surface area contributed by atoms with Crippen LogP contribution in [0, 0.1) is 53.3 Å². The number of hydrogen-bond donors (Lipinski definition) is 0. The molecular formula is C29H60O3S. The van der Waals surface area contributed by atoms with Crippen LogP contribution < -0.4 is 0 Å². The zero-order valence-corrected chi connectivity index (χ0v) is 23.7. The quantitative estimate of drug-likeness (QED) is 0.402. The maximum absolute atomic E-state index is 11.3. The van der Waals surface area contributed by atoms with Crippen LogP contribution in [0.2, 0.25) is 0 Å². The summed E-state index contributed by atoms with van der Waals surface area (Å²) in [6.07, 6.45) is 8.03. The Morgan fingerprint density at radius 3 is 1.55 bits per heavy atom. The predicted molar refractivity (Wildman–Crippen MR) is 146 cm³/mol. The van der Waals surface area contributed by atoms with Gasteiger partial charge in [-0.3, -0.25) is 0 Å². The second-order valence-corrected chi connectivity index (χ2v) is 14.4. The summed E-state index contributed by atoms with van der Waals surface area (Å²) in [7, 11) is -2.71. The van der Waals surface area contributed by atoms with E-state index in [2.05, 4.69) is 62.3 Å². The molecule has 2 aliphatic heterocycles. The highest BCUT2D eigenvalue weighted by molar-refractivity contribution is 7.91. The van der Waals surface area contributed by atoms with Crippen molar-refractivity contribution in [1.29, 1.82) is 0 Å². The van der Waals surface area contributed by atoms with Crippen LogP contribution in [0.3, 0.4) is 0 Å². The first-order valence-electron chi connectivity index (χ1n) is 13.6. The lowest BCUT2D eigenvalue weighted by molar-refractivity contribution is 0.00874. The van der Waals surface area contributed by atoms with Gasteiger partial charge in [0, 0.05) is 13.2 Å². The van der Waals surface area contributed by atoms with E-state index in [0.717, 1.165) is 55.1 Å². The summed E-state index contributed by atoms with van der Waals surface area (Å²) < 4.78 is 28.0. The Labute approximate surface area is 209 Å². The summed E-state index contributed by atoms with van der Waals surface area (Å²) in [4.78, 5) is 0. The summed E-state index contributed by atoms with van der Waals surface area (Å²) in [5, 5.41) is 0. The Bertz CT molecular complexity index is 570. The van der Waals surface area contributed by atoms with Crippen LogP contribution in [0.5, 0.6) is 0 Å². The molecule has 3 rings (SSSR count). The molecule has 2 heterocycles. The van der Waals surface area contributed by atoms with Crippen molar-refractivity contribution >= 4 is 9.84 Å². The fourth-order valence-corrected chi connectivity index (χ4v) is 8.39. The van der Waals surface area contributed by atoms with Crippen LogP contribution in [-0.2, 0) is 14.6 Å². The summed E-state index contributed by atoms with van der Waals surface area (Å²) in [6.45, 7) is 22.4. The first-order chi connectivity index (χ1) is 14.9. The van der Waals surface area contributed by atoms with Gasteiger partial charge in [-0.25, -0.2) is 8.42 Å². The Morgan fingerprint density at radius 2 is 1.15 bits per heavy atom. The van der Waals surface area contributed by atoms with Crippen LogP contribution in [-0.4, -0.2) is 33.1 Å². The normalized spacial score (nSPS) is 33.9. The average Bonchev–Trinajstić information content (AvgIpc) is 2.71. The highest BCUT2D eigenvalue weighted by atomic mass is 32.2. The second kappa shape index (κ2) is 15.8. The summed E-state index contributed by atoms with van der Waals surface area (Å²) >= 11 is 0. The number of hydrogen-bond acceptors (Lipinski definition) is 3. The van der Waals surface area contributed by atoms with E-state index in [1.165, 1.54) is 32.1 Å². The predicted octanol–water partition coefficient (Wildman–Crippen LogP) is 8.13. The van der Waals surface area contributed by atoms with Gasteiger partial charge in [0.2, 0.25) is 0 Å². The molecule has 1 aliphatic carbocycles. The topological polar surface area (TPSA) is 43.4 Å². The Kier molecular flexibility index (Phi) is 15.8. The molecule has 0 aromatic heterocycles. The van der Waals surface area contributed by atoms with Gasteiger partial charge in [0.15, 0.2) is 9.84 Å². The van der Waals surface area contributed by atoms with E-state index in [1.54, 1.807) is 0 Å². The maximum atomic E-state index is 11.3. The van der Waals surface area contributed by atoms with Crippen molar-refractivity contribution in [3.8, 4) is 0 Å². The SMILES string of the molecule is C.CC(C)C1CCCCC1C.CC(C)C1CCOCC1C.CC(C)C1CS(=O)(=O)CCC1C. The van der Waals surface area contributed by atoms with Crippen LogP contribution in [0.25, 0.3) is 0 Å². The lowest BCUT2D eigenvalue weighted by Crippen LogP contribution is -2.34. The molecule has 0 radical (unpaired) electrons. The Morgan fingerprint density at radius 1 is 0.667 bits per heavy atom. The van der Waals surface area contributed by atoms with E-state index >= 15 is 0 Å². The van der Waals surface area contributed by atoms with Gasteiger partial charge < -0.3 is 4.74 Å². The molecule has 4 heteroatoms. The molecule has 0 aromatic carbocycles. The van der Waals surface area contributed by atoms with E-state index in [0.29, 0.717) is 29.3 Å². The molecule has 0 spiro atoms. The van der Waals surface area contributed by atoms with E-state index in [4.69, 9.17) is 4.74 Å². The number of ether oxygens (including phenoxy) is 1. The third-order valence-electron chi connectivity index (χ3n) is 8.52. The molecule has 0 amide bonds. The van der Waals surface area contributed by atoms with Gasteiger partial charge in [0.25, 0.3) is 0 Å². The Hall–Kier alpha value is -0.0900. The van der Waals surface area contributed by atoms with Crippen molar-refractivity contribution in [3.05, 3.63) is 0 Å². The van der Waals surface area contributed by atoms with E-state index < -0.39 is 9.84 Å². The number of rotatable bonds is 3. The molecule has 0 N–H and O–H groups in total. The fraction of sp³-hybridized carbons (Fsp3) is 1.00. The minimum absolute atomic E-state index is 0. The van der Waals surface area contributed by atoms with Gasteiger partial charge in [-0.05, 0) is 72.5 Å². The van der Waals surface area contributed by atoms with Crippen LogP contribution in [0.15, 0.2) is 0 Å². The van der Waals surface area contributed by atoms with Crippen molar-refractivity contribution in [2.45, 2.75) is 108 Å². The molecule has 3 nitrogen and oxygen atoms in total. The largest absolute Gasteiger partial charge is 0.381 e. The molecule has 1 saturated carbocycles. The van der Waals surface area contributed by atoms with Gasteiger partial charge in [-0.15, -0.1) is 0 Å². The van der Waals surface area contributed by atoms with Crippen molar-refractivity contribution in [2.75, 3.05) is 24.7 Å². The monoisotopic (exact) mass is 488 g/mol. The third-order valence-corrected chi connectivity index (χ3v) is 10.3. The van der Waals surface area contributed by atoms with Gasteiger partial charge >= 0.3 is 0 Å². The minimum Gasteiger partial charge on any atom is -0.381 e. The summed E-state index contributed by atoms with van der Waals surface area (Å²) in [5.74, 6) is 7.69. The smallest absolute Gasteiger partial charge is 0.150 e. The molecular weight excluding hydrogens is 428 g/mol. The van der Waals surface area contributed by atoms with Crippen molar-refractivity contribution in [3.63, 3.8) is 0 Å². The fourth-order valence-electron chi connectivity index (χ4n) is 6.19. The zero-order chi connectivity index (χ0) is 24.5. The summed E-state index contributed by atoms with van der Waals surface area (Å²) in [6, 6.07) is 0. The minimum atomic E-state index is -2.71. The zero-order valence-electron chi connectivity index (χ0n) is 22.9. The van der Waals surface area contributed by atoms with Crippen LogP contribution in [0.4, 0.5) is 0 Å². The first kappa shape index (κ1) is 32.9. The van der Waals surface area contributed by atoms with Crippen LogP contribution in [0.1, 0.15) is 108 Å². The molecule has 0 aromatic rings. The lowest BCUT2D eigenvalue weighted by Gasteiger charge is -2.31. The molecule has 6 atom stereocenters. The molecule has 0 bridgehead atoms. The van der Waals surface area contributed by atoms with Crippen molar-refractivity contribution in [1.82, 2.24) is 0 Å². The second-order valence-electron chi connectivity index (χ2n) is 12.2. The van der Waals surface area contributed by atoms with E-state index in [9.17, 15) is 8.42 Å². The van der Waals surface area contributed by atoms with E-state index in [1.807, 2.05) is 0 Å². The van der Waals surface area contributed by atoms with Crippen molar-refractivity contribution in [2.24, 2.45) is 53.3 Å². The molecule has 3 aliphatic rings. The maximum Gasteiger partial charge on any atom is 0.150 e. The van der Waals surface area contributed by atoms with Gasteiger partial charge in [-0.1, -0.05) is 89.0 Å².